The number of nitrogens with one attached hydrogen (secondary N) is 1. The first-order valence-corrected chi connectivity index (χ1v) is 10.9. The van der Waals surface area contributed by atoms with Crippen molar-refractivity contribution in [2.45, 2.75) is 6.92 Å². The average Bonchev–Trinajstić information content (AvgIpc) is 2.77. The summed E-state index contributed by atoms with van der Waals surface area (Å²) in [5.41, 5.74) is 8.21. The van der Waals surface area contributed by atoms with Gasteiger partial charge in [-0.25, -0.2) is 0 Å². The fourth-order valence-electron chi connectivity index (χ4n) is 3.02. The molecule has 0 atom stereocenters. The van der Waals surface area contributed by atoms with Crippen molar-refractivity contribution in [3.63, 3.8) is 0 Å². The maximum atomic E-state index is 9.68. The summed E-state index contributed by atoms with van der Waals surface area (Å²) in [6, 6.07) is 15.1. The maximum Gasteiger partial charge on any atom is 0.137 e. The Balaban J connectivity index is 2.25. The lowest BCUT2D eigenvalue weighted by atomic mass is 10.00. The molecule has 0 aliphatic rings. The van der Waals surface area contributed by atoms with Crippen molar-refractivity contribution >= 4 is 34.5 Å². The smallest absolute Gasteiger partial charge is 0.137 e. The van der Waals surface area contributed by atoms with Crippen LogP contribution in [0.3, 0.4) is 0 Å². The van der Waals surface area contributed by atoms with Crippen LogP contribution >= 0.6 is 23.8 Å². The number of benzene rings is 2. The Morgan fingerprint density at radius 3 is 2.71 bits per heavy atom. The Morgan fingerprint density at radius 2 is 2.06 bits per heavy atom. The molecular weight excluding hydrogens is 430 g/mol. The van der Waals surface area contributed by atoms with E-state index < -0.39 is 0 Å². The molecule has 164 valence electrons. The van der Waals surface area contributed by atoms with Crippen LogP contribution in [0, 0.1) is 11.3 Å². The zero-order valence-corrected chi connectivity index (χ0v) is 19.5. The zero-order valence-electron chi connectivity index (χ0n) is 17.9. The fourth-order valence-corrected chi connectivity index (χ4v) is 3.31. The minimum atomic E-state index is 0.190. The average molecular weight is 458 g/mol. The summed E-state index contributed by atoms with van der Waals surface area (Å²) in [4.78, 5) is 7.13. The number of aliphatic imine (C=N–C) groups is 1. The molecule has 0 aliphatic heterocycles. The second-order valence-corrected chi connectivity index (χ2v) is 7.75. The number of hydrogen-bond donors (Lipinski definition) is 2. The Morgan fingerprint density at radius 1 is 1.29 bits per heavy atom. The molecule has 0 amide bonds. The molecule has 0 bridgehead atoms. The molecule has 2 rings (SSSR count). The summed E-state index contributed by atoms with van der Waals surface area (Å²) in [7, 11) is 1.94. The van der Waals surface area contributed by atoms with Gasteiger partial charge in [0.15, 0.2) is 0 Å². The highest BCUT2D eigenvalue weighted by molar-refractivity contribution is 7.80. The van der Waals surface area contributed by atoms with Crippen molar-refractivity contribution in [2.24, 2.45) is 10.7 Å². The Hall–Kier alpha value is -2.50. The summed E-state index contributed by atoms with van der Waals surface area (Å²) in [5.74, 6) is 0.545. The van der Waals surface area contributed by atoms with Gasteiger partial charge in [-0.2, -0.15) is 5.26 Å². The summed E-state index contributed by atoms with van der Waals surface area (Å²) >= 11 is 11.4. The number of rotatable bonds is 12. The minimum Gasteiger partial charge on any atom is -0.491 e. The van der Waals surface area contributed by atoms with Crippen LogP contribution in [0.25, 0.3) is 0 Å². The molecule has 3 N–H and O–H groups in total. The molecule has 0 radical (unpaired) electrons. The molecule has 0 spiro atoms. The molecule has 0 saturated carbocycles. The molecule has 2 aromatic rings. The number of likely N-dealkylation sites (N-methyl/N-ethyl adjacent to an activating group) is 2. The van der Waals surface area contributed by atoms with Crippen LogP contribution in [0.15, 0.2) is 47.5 Å². The van der Waals surface area contributed by atoms with Crippen molar-refractivity contribution in [3.05, 3.63) is 64.2 Å². The van der Waals surface area contributed by atoms with Gasteiger partial charge in [-0.3, -0.25) is 9.89 Å². The van der Waals surface area contributed by atoms with Gasteiger partial charge < -0.3 is 15.8 Å². The fraction of sp³-hybridized carbons (Fsp3) is 0.348. The van der Waals surface area contributed by atoms with Gasteiger partial charge in [-0.1, -0.05) is 48.9 Å². The first-order valence-electron chi connectivity index (χ1n) is 10.1. The third-order valence-corrected chi connectivity index (χ3v) is 5.14. The van der Waals surface area contributed by atoms with Crippen LogP contribution in [-0.2, 0) is 0 Å². The van der Waals surface area contributed by atoms with E-state index in [1.54, 1.807) is 18.2 Å². The van der Waals surface area contributed by atoms with Gasteiger partial charge in [-0.05, 0) is 37.9 Å². The van der Waals surface area contributed by atoms with E-state index in [4.69, 9.17) is 34.3 Å². The summed E-state index contributed by atoms with van der Waals surface area (Å²) in [5, 5.41) is 13.4. The van der Waals surface area contributed by atoms with E-state index in [-0.39, 0.29) is 11.5 Å². The largest absolute Gasteiger partial charge is 0.491 e. The monoisotopic (exact) mass is 457 g/mol. The van der Waals surface area contributed by atoms with Crippen LogP contribution in [0.2, 0.25) is 5.02 Å². The summed E-state index contributed by atoms with van der Waals surface area (Å²) < 4.78 is 5.91. The van der Waals surface area contributed by atoms with E-state index in [0.717, 1.165) is 37.3 Å². The predicted molar refractivity (Wildman–Crippen MR) is 131 cm³/mol. The minimum absolute atomic E-state index is 0.190. The molecule has 0 unspecified atom stereocenters. The molecule has 2 aromatic carbocycles. The number of hydrogen-bond acceptors (Lipinski definition) is 6. The highest BCUT2D eigenvalue weighted by atomic mass is 35.5. The van der Waals surface area contributed by atoms with Crippen molar-refractivity contribution < 1.29 is 4.74 Å². The normalized spacial score (nSPS) is 11.4. The molecule has 0 fully saturated rings. The number of ether oxygens (including phenoxy) is 1. The van der Waals surface area contributed by atoms with Gasteiger partial charge in [0, 0.05) is 35.8 Å². The molecule has 0 heterocycles. The SMILES string of the molecule is CCN(CCNC)CCOc1ccc(C(=NCC(N)=S)c2ccccc2Cl)cc1C#N. The van der Waals surface area contributed by atoms with Crippen LogP contribution in [0.4, 0.5) is 0 Å². The molecule has 0 aromatic heterocycles. The van der Waals surface area contributed by atoms with E-state index in [1.165, 1.54) is 0 Å². The van der Waals surface area contributed by atoms with Gasteiger partial charge in [0.05, 0.1) is 22.8 Å². The van der Waals surface area contributed by atoms with E-state index in [1.807, 2.05) is 31.3 Å². The van der Waals surface area contributed by atoms with E-state index >= 15 is 0 Å². The third-order valence-electron chi connectivity index (χ3n) is 4.69. The Bertz CT molecular complexity index is 957. The van der Waals surface area contributed by atoms with E-state index in [0.29, 0.717) is 28.7 Å². The van der Waals surface area contributed by atoms with Crippen LogP contribution in [0.5, 0.6) is 5.75 Å². The first kappa shape index (κ1) is 24.8. The van der Waals surface area contributed by atoms with Crippen LogP contribution in [-0.4, -0.2) is 62.0 Å². The molecule has 0 aliphatic carbocycles. The second-order valence-electron chi connectivity index (χ2n) is 6.82. The molecule has 31 heavy (non-hydrogen) atoms. The predicted octanol–water partition coefficient (Wildman–Crippen LogP) is 3.26. The lowest BCUT2D eigenvalue weighted by Crippen LogP contribution is -2.33. The third kappa shape index (κ3) is 7.60. The number of halogens is 1. The van der Waals surface area contributed by atoms with E-state index in [2.05, 4.69) is 28.2 Å². The number of nitrogens with zero attached hydrogens (tertiary/aromatic N) is 3. The maximum absolute atomic E-state index is 9.68. The van der Waals surface area contributed by atoms with E-state index in [9.17, 15) is 5.26 Å². The van der Waals surface area contributed by atoms with Gasteiger partial charge in [0.25, 0.3) is 0 Å². The number of nitriles is 1. The Labute approximate surface area is 194 Å². The van der Waals surface area contributed by atoms with Gasteiger partial charge >= 0.3 is 0 Å². The van der Waals surface area contributed by atoms with Gasteiger partial charge in [0.1, 0.15) is 18.4 Å². The lowest BCUT2D eigenvalue weighted by Gasteiger charge is -2.20. The van der Waals surface area contributed by atoms with Crippen molar-refractivity contribution in [3.8, 4) is 11.8 Å². The highest BCUT2D eigenvalue weighted by Crippen LogP contribution is 2.24. The standard InChI is InChI=1S/C23H28ClN5OS/c1-3-29(11-10-27-2)12-13-30-21-9-8-17(14-18(21)15-25)23(28-16-22(26)31)19-6-4-5-7-20(19)24/h4-9,14,27H,3,10-13,16H2,1-2H3,(H2,26,31). The number of nitrogens with two attached hydrogens (primary N) is 1. The first-order chi connectivity index (χ1) is 15.0. The van der Waals surface area contributed by atoms with Crippen molar-refractivity contribution in [1.29, 1.82) is 5.26 Å². The lowest BCUT2D eigenvalue weighted by molar-refractivity contribution is 0.216. The van der Waals surface area contributed by atoms with Crippen LogP contribution in [0.1, 0.15) is 23.6 Å². The molecule has 8 heteroatoms. The topological polar surface area (TPSA) is 86.7 Å². The quantitative estimate of drug-likeness (QED) is 0.376. The van der Waals surface area contributed by atoms with Gasteiger partial charge in [-0.15, -0.1) is 0 Å². The van der Waals surface area contributed by atoms with Crippen molar-refractivity contribution in [2.75, 3.05) is 46.4 Å². The molecular formula is C23H28ClN5OS. The molecule has 6 nitrogen and oxygen atoms in total. The zero-order chi connectivity index (χ0) is 22.6. The van der Waals surface area contributed by atoms with Crippen LogP contribution < -0.4 is 15.8 Å². The van der Waals surface area contributed by atoms with Gasteiger partial charge in [0.2, 0.25) is 0 Å². The molecule has 0 saturated heterocycles. The number of thiocarbonyl (C=S) groups is 1. The summed E-state index contributed by atoms with van der Waals surface area (Å²) in [6.45, 7) is 6.39. The highest BCUT2D eigenvalue weighted by Gasteiger charge is 2.14. The second kappa shape index (κ2) is 13.0. The van der Waals surface area contributed by atoms with Crippen molar-refractivity contribution in [1.82, 2.24) is 10.2 Å². The Kier molecular flexibility index (Phi) is 10.4. The summed E-state index contributed by atoms with van der Waals surface area (Å²) in [6.07, 6.45) is 0.